The fraction of sp³-hybridized carbons (Fsp3) is 0.222. The summed E-state index contributed by atoms with van der Waals surface area (Å²) in [6, 6.07) is 6.13. The van der Waals surface area contributed by atoms with Gasteiger partial charge in [-0.15, -0.1) is 0 Å². The summed E-state index contributed by atoms with van der Waals surface area (Å²) >= 11 is 1.83. The number of hydrogen-bond acceptors (Lipinski definition) is 4. The lowest BCUT2D eigenvalue weighted by molar-refractivity contribution is 0.0683. The van der Waals surface area contributed by atoms with Gasteiger partial charge in [-0.3, -0.25) is 0 Å². The molecule has 2 N–H and O–H groups in total. The molecule has 0 atom stereocenters. The molecule has 3 rings (SSSR count). The van der Waals surface area contributed by atoms with Crippen LogP contribution >= 0.6 is 11.8 Å². The summed E-state index contributed by atoms with van der Waals surface area (Å²) in [5.74, 6) is -2.73. The largest absolute Gasteiger partial charge is 0.478 e. The van der Waals surface area contributed by atoms with Crippen LogP contribution in [0.25, 0.3) is 0 Å². The van der Waals surface area contributed by atoms with Crippen molar-refractivity contribution in [3.8, 4) is 0 Å². The Balaban J connectivity index is 0.000000208. The van der Waals surface area contributed by atoms with E-state index in [4.69, 9.17) is 10.2 Å². The average Bonchev–Trinajstić information content (AvgIpc) is 2.62. The van der Waals surface area contributed by atoms with Gasteiger partial charge in [0.25, 0.3) is 0 Å². The molecule has 144 valence electrons. The van der Waals surface area contributed by atoms with Gasteiger partial charge < -0.3 is 15.1 Å². The summed E-state index contributed by atoms with van der Waals surface area (Å²) in [5.41, 5.74) is 0.146. The molecule has 2 aromatic carbocycles. The molecule has 0 aliphatic carbocycles. The Bertz CT molecular complexity index is 841. The second-order valence-electron chi connectivity index (χ2n) is 5.50. The summed E-state index contributed by atoms with van der Waals surface area (Å²) in [7, 11) is 0. The molecule has 5 nitrogen and oxygen atoms in total. The number of carboxylic acid groups (broad SMARTS) is 2. The molecule has 0 aromatic heterocycles. The molecule has 0 unspecified atom stereocenters. The molecular formula is C18H16F3NO4S. The second kappa shape index (κ2) is 9.31. The minimum Gasteiger partial charge on any atom is -0.478 e. The molecule has 2 aromatic rings. The summed E-state index contributed by atoms with van der Waals surface area (Å²) in [6.45, 7) is 1.54. The maximum atomic E-state index is 13.1. The number of thioether (sulfide) groups is 1. The minimum absolute atomic E-state index is 0.174. The minimum atomic E-state index is -1.40. The van der Waals surface area contributed by atoms with Crippen LogP contribution in [0.4, 0.5) is 18.9 Å². The molecule has 9 heteroatoms. The van der Waals surface area contributed by atoms with Crippen molar-refractivity contribution in [2.75, 3.05) is 29.5 Å². The molecular weight excluding hydrogens is 383 g/mol. The van der Waals surface area contributed by atoms with Gasteiger partial charge >= 0.3 is 11.9 Å². The SMILES string of the molecule is O=C(O)c1ccc(F)cc1F.O=C(O)c1ccc(F)cc1N1CCSCC1. The Morgan fingerprint density at radius 1 is 0.852 bits per heavy atom. The van der Waals surface area contributed by atoms with Gasteiger partial charge in [-0.2, -0.15) is 11.8 Å². The number of aromatic carboxylic acids is 2. The zero-order valence-corrected chi connectivity index (χ0v) is 14.8. The Morgan fingerprint density at radius 3 is 1.89 bits per heavy atom. The first-order valence-corrected chi connectivity index (χ1v) is 8.99. The van der Waals surface area contributed by atoms with E-state index in [1.807, 2.05) is 16.7 Å². The zero-order chi connectivity index (χ0) is 20.0. The number of halogens is 3. The van der Waals surface area contributed by atoms with Crippen molar-refractivity contribution in [1.29, 1.82) is 0 Å². The number of nitrogens with zero attached hydrogens (tertiary/aromatic N) is 1. The van der Waals surface area contributed by atoms with Crippen LogP contribution in [0.5, 0.6) is 0 Å². The normalized spacial score (nSPS) is 13.5. The van der Waals surface area contributed by atoms with Crippen molar-refractivity contribution < 1.29 is 33.0 Å². The van der Waals surface area contributed by atoms with Gasteiger partial charge in [-0.25, -0.2) is 22.8 Å². The maximum Gasteiger partial charge on any atom is 0.338 e. The van der Waals surface area contributed by atoms with Crippen LogP contribution in [0.2, 0.25) is 0 Å². The van der Waals surface area contributed by atoms with Crippen LogP contribution in [0.15, 0.2) is 36.4 Å². The standard InChI is InChI=1S/C11H12FNO2S.C7H4F2O2/c12-8-1-2-9(11(14)15)10(7-8)13-3-5-16-6-4-13;8-4-1-2-5(7(10)11)6(9)3-4/h1-2,7H,3-6H2,(H,14,15);1-3H,(H,10,11). The number of carbonyl (C=O) groups is 2. The Hall–Kier alpha value is -2.68. The van der Waals surface area contributed by atoms with E-state index in [9.17, 15) is 22.8 Å². The van der Waals surface area contributed by atoms with Crippen LogP contribution in [0, 0.1) is 17.5 Å². The summed E-state index contributed by atoms with van der Waals surface area (Å²) in [5, 5.41) is 17.3. The van der Waals surface area contributed by atoms with Crippen molar-refractivity contribution in [2.45, 2.75) is 0 Å². The predicted molar refractivity (Wildman–Crippen MR) is 96.2 cm³/mol. The average molecular weight is 399 g/mol. The fourth-order valence-electron chi connectivity index (χ4n) is 2.41. The summed E-state index contributed by atoms with van der Waals surface area (Å²) in [4.78, 5) is 23.1. The quantitative estimate of drug-likeness (QED) is 0.819. The van der Waals surface area contributed by atoms with Gasteiger partial charge in [0.1, 0.15) is 17.5 Å². The monoisotopic (exact) mass is 399 g/mol. The van der Waals surface area contributed by atoms with Crippen molar-refractivity contribution >= 4 is 29.4 Å². The molecule has 1 fully saturated rings. The smallest absolute Gasteiger partial charge is 0.338 e. The molecule has 0 saturated carbocycles. The number of rotatable bonds is 3. The zero-order valence-electron chi connectivity index (χ0n) is 14.0. The van der Waals surface area contributed by atoms with E-state index >= 15 is 0 Å². The van der Waals surface area contributed by atoms with E-state index in [1.54, 1.807) is 0 Å². The van der Waals surface area contributed by atoms with E-state index in [2.05, 4.69) is 0 Å². The molecule has 1 aliphatic heterocycles. The Morgan fingerprint density at radius 2 is 1.37 bits per heavy atom. The van der Waals surface area contributed by atoms with E-state index in [0.717, 1.165) is 36.7 Å². The Kier molecular flexibility index (Phi) is 7.12. The molecule has 1 aliphatic rings. The number of hydrogen-bond donors (Lipinski definition) is 2. The van der Waals surface area contributed by atoms with Crippen molar-refractivity contribution in [3.05, 3.63) is 65.0 Å². The van der Waals surface area contributed by atoms with Crippen LogP contribution in [-0.4, -0.2) is 46.7 Å². The molecule has 0 amide bonds. The molecule has 0 spiro atoms. The highest BCUT2D eigenvalue weighted by Gasteiger charge is 2.18. The first-order chi connectivity index (χ1) is 12.8. The van der Waals surface area contributed by atoms with Crippen molar-refractivity contribution in [2.24, 2.45) is 0 Å². The van der Waals surface area contributed by atoms with Crippen LogP contribution in [0.1, 0.15) is 20.7 Å². The first kappa shape index (κ1) is 20.6. The van der Waals surface area contributed by atoms with Gasteiger partial charge in [0.05, 0.1) is 16.8 Å². The summed E-state index contributed by atoms with van der Waals surface area (Å²) < 4.78 is 37.8. The molecule has 1 saturated heterocycles. The van der Waals surface area contributed by atoms with Crippen molar-refractivity contribution in [1.82, 2.24) is 0 Å². The third-order valence-corrected chi connectivity index (χ3v) is 4.65. The topological polar surface area (TPSA) is 77.8 Å². The van der Waals surface area contributed by atoms with E-state index in [-0.39, 0.29) is 5.56 Å². The lowest BCUT2D eigenvalue weighted by Crippen LogP contribution is -2.33. The highest BCUT2D eigenvalue weighted by Crippen LogP contribution is 2.25. The van der Waals surface area contributed by atoms with Crippen LogP contribution < -0.4 is 4.90 Å². The number of benzene rings is 2. The number of carboxylic acids is 2. The van der Waals surface area contributed by atoms with Gasteiger partial charge in [0, 0.05) is 30.7 Å². The third-order valence-electron chi connectivity index (χ3n) is 3.70. The number of anilines is 1. The van der Waals surface area contributed by atoms with E-state index < -0.39 is 35.0 Å². The highest BCUT2D eigenvalue weighted by molar-refractivity contribution is 7.99. The maximum absolute atomic E-state index is 13.1. The lowest BCUT2D eigenvalue weighted by Gasteiger charge is -2.29. The third kappa shape index (κ3) is 5.65. The van der Waals surface area contributed by atoms with Crippen LogP contribution in [-0.2, 0) is 0 Å². The van der Waals surface area contributed by atoms with E-state index in [0.29, 0.717) is 11.8 Å². The van der Waals surface area contributed by atoms with Gasteiger partial charge in [-0.1, -0.05) is 0 Å². The molecule has 0 radical (unpaired) electrons. The first-order valence-electron chi connectivity index (χ1n) is 7.83. The van der Waals surface area contributed by atoms with Gasteiger partial charge in [-0.05, 0) is 30.3 Å². The fourth-order valence-corrected chi connectivity index (χ4v) is 3.32. The highest BCUT2D eigenvalue weighted by atomic mass is 32.2. The molecule has 0 bridgehead atoms. The predicted octanol–water partition coefficient (Wildman–Crippen LogP) is 3.74. The molecule has 27 heavy (non-hydrogen) atoms. The van der Waals surface area contributed by atoms with E-state index in [1.165, 1.54) is 18.2 Å². The second-order valence-corrected chi connectivity index (χ2v) is 6.72. The van der Waals surface area contributed by atoms with Crippen molar-refractivity contribution in [3.63, 3.8) is 0 Å². The van der Waals surface area contributed by atoms with Crippen LogP contribution in [0.3, 0.4) is 0 Å². The van der Waals surface area contributed by atoms with Gasteiger partial charge in [0.2, 0.25) is 0 Å². The lowest BCUT2D eigenvalue weighted by atomic mass is 10.1. The van der Waals surface area contributed by atoms with Gasteiger partial charge in [0.15, 0.2) is 0 Å². The Labute approximate surface area is 157 Å². The summed E-state index contributed by atoms with van der Waals surface area (Å²) in [6.07, 6.45) is 0. The molecule has 1 heterocycles.